The first-order valence-corrected chi connectivity index (χ1v) is 10.8. The van der Waals surface area contributed by atoms with Gasteiger partial charge in [0.15, 0.2) is 0 Å². The van der Waals surface area contributed by atoms with Crippen LogP contribution in [0.5, 0.6) is 0 Å². The molecule has 0 bridgehead atoms. The lowest BCUT2D eigenvalue weighted by molar-refractivity contribution is -0.125. The van der Waals surface area contributed by atoms with Gasteiger partial charge in [0, 0.05) is 18.4 Å². The number of hydrogen-bond acceptors (Lipinski definition) is 5. The molecule has 1 saturated heterocycles. The fourth-order valence-electron chi connectivity index (χ4n) is 3.06. The Kier molecular flexibility index (Phi) is 7.30. The van der Waals surface area contributed by atoms with Gasteiger partial charge in [-0.05, 0) is 35.7 Å². The highest BCUT2D eigenvalue weighted by Crippen LogP contribution is 2.22. The van der Waals surface area contributed by atoms with E-state index in [0.717, 1.165) is 35.0 Å². The fraction of sp³-hybridized carbons (Fsp3) is 0.273. The molecule has 0 spiro atoms. The Bertz CT molecular complexity index is 977. The number of anilines is 2. The summed E-state index contributed by atoms with van der Waals surface area (Å²) in [6, 6.07) is 14.0. The van der Waals surface area contributed by atoms with E-state index in [-0.39, 0.29) is 35.9 Å². The summed E-state index contributed by atoms with van der Waals surface area (Å²) in [5, 5.41) is 5.32. The Morgan fingerprint density at radius 3 is 2.42 bits per heavy atom. The number of imide groups is 1. The Labute approximate surface area is 185 Å². The van der Waals surface area contributed by atoms with Gasteiger partial charge in [0.05, 0.1) is 12.3 Å². The largest absolute Gasteiger partial charge is 0.324 e. The number of rotatable bonds is 7. The monoisotopic (exact) mass is 440 g/mol. The van der Waals surface area contributed by atoms with E-state index in [1.165, 1.54) is 16.8 Å². The van der Waals surface area contributed by atoms with Crippen LogP contribution in [0, 0.1) is 0 Å². The molecular formula is C22H24N4O4S. The second-order valence-corrected chi connectivity index (χ2v) is 8.00. The number of thioether (sulfide) groups is 1. The molecule has 5 amide bonds. The minimum Gasteiger partial charge on any atom is -0.324 e. The van der Waals surface area contributed by atoms with Crippen molar-refractivity contribution in [2.75, 3.05) is 30.0 Å². The molecule has 0 unspecified atom stereocenters. The summed E-state index contributed by atoms with van der Waals surface area (Å²) < 4.78 is 0. The standard InChI is InChI=1S/C22H24N4O4S/c1-3-16-6-4-5-7-18(16)24-19(27)13-25(2)21(29)23-17-10-8-15(9-11-17)12-26-20(28)14-31-22(26)30/h4-11H,3,12-14H2,1-2H3,(H,23,29)(H,24,27). The van der Waals surface area contributed by atoms with E-state index < -0.39 is 6.03 Å². The van der Waals surface area contributed by atoms with Gasteiger partial charge < -0.3 is 15.5 Å². The van der Waals surface area contributed by atoms with Crippen molar-refractivity contribution in [2.45, 2.75) is 19.9 Å². The normalized spacial score (nSPS) is 13.3. The van der Waals surface area contributed by atoms with Crippen LogP contribution in [0.2, 0.25) is 0 Å². The molecular weight excluding hydrogens is 416 g/mol. The summed E-state index contributed by atoms with van der Waals surface area (Å²) in [6.07, 6.45) is 0.793. The van der Waals surface area contributed by atoms with Gasteiger partial charge >= 0.3 is 6.03 Å². The third kappa shape index (κ3) is 5.85. The summed E-state index contributed by atoms with van der Waals surface area (Å²) in [5.74, 6) is -0.308. The van der Waals surface area contributed by atoms with Crippen molar-refractivity contribution >= 4 is 46.2 Å². The van der Waals surface area contributed by atoms with E-state index in [9.17, 15) is 19.2 Å². The van der Waals surface area contributed by atoms with E-state index in [4.69, 9.17) is 0 Å². The summed E-state index contributed by atoms with van der Waals surface area (Å²) in [5.41, 5.74) is 3.10. The average Bonchev–Trinajstić information content (AvgIpc) is 3.07. The molecule has 0 aromatic heterocycles. The van der Waals surface area contributed by atoms with Crippen LogP contribution in [-0.2, 0) is 22.6 Å². The van der Waals surface area contributed by atoms with Gasteiger partial charge in [-0.15, -0.1) is 0 Å². The quantitative estimate of drug-likeness (QED) is 0.686. The number of aryl methyl sites for hydroxylation is 1. The van der Waals surface area contributed by atoms with Gasteiger partial charge in [0.1, 0.15) is 6.54 Å². The van der Waals surface area contributed by atoms with E-state index in [0.29, 0.717) is 5.69 Å². The smallest absolute Gasteiger partial charge is 0.322 e. The van der Waals surface area contributed by atoms with Crippen LogP contribution in [-0.4, -0.2) is 52.2 Å². The zero-order chi connectivity index (χ0) is 22.4. The average molecular weight is 441 g/mol. The second kappa shape index (κ2) is 10.1. The van der Waals surface area contributed by atoms with Crippen LogP contribution in [0.15, 0.2) is 48.5 Å². The number of benzene rings is 2. The molecule has 0 aliphatic carbocycles. The molecule has 162 valence electrons. The molecule has 2 N–H and O–H groups in total. The van der Waals surface area contributed by atoms with Gasteiger partial charge in [0.2, 0.25) is 11.8 Å². The van der Waals surface area contributed by atoms with E-state index in [2.05, 4.69) is 10.6 Å². The Morgan fingerprint density at radius 1 is 1.06 bits per heavy atom. The van der Waals surface area contributed by atoms with Gasteiger partial charge in [-0.3, -0.25) is 19.3 Å². The molecule has 0 saturated carbocycles. The lowest BCUT2D eigenvalue weighted by Crippen LogP contribution is -2.37. The number of hydrogen-bond donors (Lipinski definition) is 2. The summed E-state index contributed by atoms with van der Waals surface area (Å²) in [7, 11) is 1.54. The van der Waals surface area contributed by atoms with Crippen LogP contribution < -0.4 is 10.6 Å². The molecule has 1 aliphatic rings. The van der Waals surface area contributed by atoms with Crippen LogP contribution in [0.3, 0.4) is 0 Å². The number of carbonyl (C=O) groups is 4. The highest BCUT2D eigenvalue weighted by atomic mass is 32.2. The number of urea groups is 1. The number of likely N-dealkylation sites (N-methyl/N-ethyl adjacent to an activating group) is 1. The number of para-hydroxylation sites is 1. The Balaban J connectivity index is 1.51. The molecule has 0 radical (unpaired) electrons. The second-order valence-electron chi connectivity index (χ2n) is 7.08. The predicted molar refractivity (Wildman–Crippen MR) is 121 cm³/mol. The topological polar surface area (TPSA) is 98.8 Å². The Morgan fingerprint density at radius 2 is 1.77 bits per heavy atom. The van der Waals surface area contributed by atoms with Crippen molar-refractivity contribution < 1.29 is 19.2 Å². The van der Waals surface area contributed by atoms with Crippen molar-refractivity contribution in [3.63, 3.8) is 0 Å². The van der Waals surface area contributed by atoms with Gasteiger partial charge in [0.25, 0.3) is 5.24 Å². The highest BCUT2D eigenvalue weighted by Gasteiger charge is 2.29. The van der Waals surface area contributed by atoms with Crippen LogP contribution >= 0.6 is 11.8 Å². The third-order valence-corrected chi connectivity index (χ3v) is 5.64. The zero-order valence-corrected chi connectivity index (χ0v) is 18.2. The third-order valence-electron chi connectivity index (χ3n) is 4.79. The van der Waals surface area contributed by atoms with Gasteiger partial charge in [-0.2, -0.15) is 0 Å². The SMILES string of the molecule is CCc1ccccc1NC(=O)CN(C)C(=O)Nc1ccc(CN2C(=O)CSC2=O)cc1. The van der Waals surface area contributed by atoms with Crippen molar-refractivity contribution in [3.8, 4) is 0 Å². The number of amides is 5. The van der Waals surface area contributed by atoms with Crippen molar-refractivity contribution in [1.29, 1.82) is 0 Å². The minimum atomic E-state index is -0.423. The minimum absolute atomic E-state index is 0.0984. The van der Waals surface area contributed by atoms with Gasteiger partial charge in [-0.1, -0.05) is 49.0 Å². The lowest BCUT2D eigenvalue weighted by Gasteiger charge is -2.18. The van der Waals surface area contributed by atoms with E-state index in [1.807, 2.05) is 31.2 Å². The van der Waals surface area contributed by atoms with E-state index >= 15 is 0 Å². The molecule has 3 rings (SSSR count). The first kappa shape index (κ1) is 22.4. The predicted octanol–water partition coefficient (Wildman–Crippen LogP) is 3.55. The summed E-state index contributed by atoms with van der Waals surface area (Å²) in [6.45, 7) is 2.12. The first-order chi connectivity index (χ1) is 14.9. The van der Waals surface area contributed by atoms with Crippen molar-refractivity contribution in [2.24, 2.45) is 0 Å². The highest BCUT2D eigenvalue weighted by molar-refractivity contribution is 8.14. The molecule has 2 aromatic carbocycles. The number of nitrogens with zero attached hydrogens (tertiary/aromatic N) is 2. The number of carbonyl (C=O) groups excluding carboxylic acids is 4. The molecule has 0 atom stereocenters. The summed E-state index contributed by atoms with van der Waals surface area (Å²) >= 11 is 0.997. The molecule has 1 aliphatic heterocycles. The van der Waals surface area contributed by atoms with Gasteiger partial charge in [-0.25, -0.2) is 4.79 Å². The van der Waals surface area contributed by atoms with E-state index in [1.54, 1.807) is 24.3 Å². The lowest BCUT2D eigenvalue weighted by atomic mass is 10.1. The van der Waals surface area contributed by atoms with Crippen LogP contribution in [0.4, 0.5) is 21.0 Å². The van der Waals surface area contributed by atoms with Crippen molar-refractivity contribution in [1.82, 2.24) is 9.80 Å². The summed E-state index contributed by atoms with van der Waals surface area (Å²) in [4.78, 5) is 50.6. The molecule has 2 aromatic rings. The Hall–Kier alpha value is -3.33. The molecule has 1 heterocycles. The van der Waals surface area contributed by atoms with Crippen LogP contribution in [0.25, 0.3) is 0 Å². The van der Waals surface area contributed by atoms with Crippen molar-refractivity contribution in [3.05, 3.63) is 59.7 Å². The maximum Gasteiger partial charge on any atom is 0.322 e. The molecule has 8 nitrogen and oxygen atoms in total. The maximum absolute atomic E-state index is 12.4. The van der Waals surface area contributed by atoms with Crippen LogP contribution in [0.1, 0.15) is 18.1 Å². The first-order valence-electron chi connectivity index (χ1n) is 9.83. The molecule has 9 heteroatoms. The molecule has 31 heavy (non-hydrogen) atoms. The fourth-order valence-corrected chi connectivity index (χ4v) is 3.78. The maximum atomic E-state index is 12.4. The number of nitrogens with one attached hydrogen (secondary N) is 2. The molecule has 1 fully saturated rings. The zero-order valence-electron chi connectivity index (χ0n) is 17.4.